The van der Waals surface area contributed by atoms with E-state index in [0.29, 0.717) is 30.5 Å². The molecule has 0 aromatic heterocycles. The summed E-state index contributed by atoms with van der Waals surface area (Å²) in [6, 6.07) is 11.7. The van der Waals surface area contributed by atoms with Crippen LogP contribution in [-0.4, -0.2) is 13.6 Å². The maximum Gasteiger partial charge on any atom is 0.126 e. The van der Waals surface area contributed by atoms with Crippen LogP contribution < -0.4 is 5.32 Å². The van der Waals surface area contributed by atoms with Crippen LogP contribution in [0.4, 0.5) is 8.78 Å². The minimum atomic E-state index is -0.215. The van der Waals surface area contributed by atoms with Crippen LogP contribution in [0.1, 0.15) is 11.1 Å². The summed E-state index contributed by atoms with van der Waals surface area (Å²) in [5.41, 5.74) is 1.33. The standard InChI is InChI=1S/C17H18BrF2N/c1-21-11-12(8-13-4-2-3-5-16(13)19)9-14-10-15(18)6-7-17(14)20/h2-7,10,12,21H,8-9,11H2,1H3. The van der Waals surface area contributed by atoms with E-state index in [-0.39, 0.29) is 17.6 Å². The summed E-state index contributed by atoms with van der Waals surface area (Å²) in [6.45, 7) is 0.709. The van der Waals surface area contributed by atoms with Crippen molar-refractivity contribution in [1.29, 1.82) is 0 Å². The molecule has 112 valence electrons. The first-order chi connectivity index (χ1) is 10.1. The van der Waals surface area contributed by atoms with Gasteiger partial charge in [0, 0.05) is 4.47 Å². The molecule has 2 aromatic rings. The second-order valence-electron chi connectivity index (χ2n) is 5.16. The molecule has 0 spiro atoms. The molecule has 1 nitrogen and oxygen atoms in total. The summed E-state index contributed by atoms with van der Waals surface area (Å²) >= 11 is 3.36. The molecule has 4 heteroatoms. The minimum Gasteiger partial charge on any atom is -0.319 e. The molecule has 0 bridgehead atoms. The first kappa shape index (κ1) is 16.1. The Hall–Kier alpha value is -1.26. The van der Waals surface area contributed by atoms with Crippen LogP contribution in [0.5, 0.6) is 0 Å². The topological polar surface area (TPSA) is 12.0 Å². The van der Waals surface area contributed by atoms with E-state index < -0.39 is 0 Å². The fourth-order valence-corrected chi connectivity index (χ4v) is 2.90. The highest BCUT2D eigenvalue weighted by atomic mass is 79.9. The molecule has 0 saturated heterocycles. The molecule has 0 radical (unpaired) electrons. The molecule has 0 aliphatic carbocycles. The molecule has 21 heavy (non-hydrogen) atoms. The van der Waals surface area contributed by atoms with Gasteiger partial charge in [0.05, 0.1) is 0 Å². The molecule has 0 aliphatic rings. The summed E-state index contributed by atoms with van der Waals surface area (Å²) in [6.07, 6.45) is 1.15. The van der Waals surface area contributed by atoms with E-state index >= 15 is 0 Å². The number of benzene rings is 2. The summed E-state index contributed by atoms with van der Waals surface area (Å²) in [5, 5.41) is 3.11. The molecule has 2 rings (SSSR count). The summed E-state index contributed by atoms with van der Waals surface area (Å²) in [7, 11) is 1.85. The molecule has 1 atom stereocenters. The van der Waals surface area contributed by atoms with Gasteiger partial charge in [0.1, 0.15) is 11.6 Å². The molecular formula is C17H18BrF2N. The summed E-state index contributed by atoms with van der Waals surface area (Å²) in [5.74, 6) is -0.281. The molecule has 1 N–H and O–H groups in total. The van der Waals surface area contributed by atoms with Gasteiger partial charge in [-0.1, -0.05) is 34.1 Å². The van der Waals surface area contributed by atoms with Crippen LogP contribution in [0.2, 0.25) is 0 Å². The Morgan fingerprint density at radius 1 is 1.00 bits per heavy atom. The summed E-state index contributed by atoms with van der Waals surface area (Å²) in [4.78, 5) is 0. The van der Waals surface area contributed by atoms with Crippen molar-refractivity contribution in [2.24, 2.45) is 5.92 Å². The quantitative estimate of drug-likeness (QED) is 0.813. The number of nitrogens with one attached hydrogen (secondary N) is 1. The predicted octanol–water partition coefficient (Wildman–Crippen LogP) is 4.35. The van der Waals surface area contributed by atoms with Crippen molar-refractivity contribution < 1.29 is 8.78 Å². The second-order valence-corrected chi connectivity index (χ2v) is 6.07. The molecule has 1 unspecified atom stereocenters. The maximum atomic E-state index is 13.9. The lowest BCUT2D eigenvalue weighted by molar-refractivity contribution is 0.469. The van der Waals surface area contributed by atoms with E-state index in [1.54, 1.807) is 24.3 Å². The Bertz CT molecular complexity index is 601. The number of hydrogen-bond donors (Lipinski definition) is 1. The molecule has 0 fully saturated rings. The Morgan fingerprint density at radius 2 is 1.67 bits per heavy atom. The van der Waals surface area contributed by atoms with Crippen LogP contribution in [0.25, 0.3) is 0 Å². The van der Waals surface area contributed by atoms with Crippen LogP contribution in [0.15, 0.2) is 46.9 Å². The van der Waals surface area contributed by atoms with Gasteiger partial charge in [-0.2, -0.15) is 0 Å². The highest BCUT2D eigenvalue weighted by molar-refractivity contribution is 9.10. The highest BCUT2D eigenvalue weighted by Gasteiger charge is 2.15. The van der Waals surface area contributed by atoms with Crippen LogP contribution in [0.3, 0.4) is 0 Å². The van der Waals surface area contributed by atoms with Gasteiger partial charge in [-0.25, -0.2) is 8.78 Å². The first-order valence-corrected chi connectivity index (χ1v) is 7.71. The smallest absolute Gasteiger partial charge is 0.126 e. The maximum absolute atomic E-state index is 13.9. The van der Waals surface area contributed by atoms with Gasteiger partial charge in [-0.05, 0) is 67.7 Å². The van der Waals surface area contributed by atoms with E-state index in [9.17, 15) is 8.78 Å². The fourth-order valence-electron chi connectivity index (χ4n) is 2.49. The van der Waals surface area contributed by atoms with Crippen molar-refractivity contribution in [3.05, 3.63) is 69.7 Å². The number of halogens is 3. The molecule has 0 saturated carbocycles. The Kier molecular flexibility index (Phi) is 5.88. The monoisotopic (exact) mass is 353 g/mol. The third kappa shape index (κ3) is 4.61. The minimum absolute atomic E-state index is 0.135. The predicted molar refractivity (Wildman–Crippen MR) is 85.3 cm³/mol. The lowest BCUT2D eigenvalue weighted by Gasteiger charge is -2.18. The van der Waals surface area contributed by atoms with Crippen molar-refractivity contribution in [3.8, 4) is 0 Å². The molecule has 0 amide bonds. The van der Waals surface area contributed by atoms with Crippen molar-refractivity contribution >= 4 is 15.9 Å². The molecule has 0 heterocycles. The van der Waals surface area contributed by atoms with Crippen molar-refractivity contribution in [2.75, 3.05) is 13.6 Å². The Balaban J connectivity index is 2.16. The van der Waals surface area contributed by atoms with Crippen LogP contribution in [0, 0.1) is 17.6 Å². The Morgan fingerprint density at radius 3 is 2.38 bits per heavy atom. The highest BCUT2D eigenvalue weighted by Crippen LogP contribution is 2.21. The third-order valence-corrected chi connectivity index (χ3v) is 3.97. The lowest BCUT2D eigenvalue weighted by atomic mass is 9.92. The fraction of sp³-hybridized carbons (Fsp3) is 0.294. The normalized spacial score (nSPS) is 12.4. The van der Waals surface area contributed by atoms with Gasteiger partial charge in [-0.15, -0.1) is 0 Å². The van der Waals surface area contributed by atoms with Gasteiger partial charge in [0.25, 0.3) is 0 Å². The average Bonchev–Trinajstić information content (AvgIpc) is 2.45. The van der Waals surface area contributed by atoms with E-state index in [1.807, 2.05) is 13.1 Å². The molecule has 2 aromatic carbocycles. The van der Waals surface area contributed by atoms with Gasteiger partial charge in [0.2, 0.25) is 0 Å². The van der Waals surface area contributed by atoms with E-state index in [0.717, 1.165) is 4.47 Å². The van der Waals surface area contributed by atoms with Crippen molar-refractivity contribution in [1.82, 2.24) is 5.32 Å². The zero-order valence-electron chi connectivity index (χ0n) is 11.9. The van der Waals surface area contributed by atoms with E-state index in [4.69, 9.17) is 0 Å². The Labute approximate surface area is 132 Å². The lowest BCUT2D eigenvalue weighted by Crippen LogP contribution is -2.23. The van der Waals surface area contributed by atoms with Crippen molar-refractivity contribution in [3.63, 3.8) is 0 Å². The summed E-state index contributed by atoms with van der Waals surface area (Å²) < 4.78 is 28.5. The largest absolute Gasteiger partial charge is 0.319 e. The first-order valence-electron chi connectivity index (χ1n) is 6.92. The van der Waals surface area contributed by atoms with E-state index in [2.05, 4.69) is 21.2 Å². The van der Waals surface area contributed by atoms with Crippen molar-refractivity contribution in [2.45, 2.75) is 12.8 Å². The number of hydrogen-bond acceptors (Lipinski definition) is 1. The average molecular weight is 354 g/mol. The molecular weight excluding hydrogens is 336 g/mol. The second kappa shape index (κ2) is 7.66. The van der Waals surface area contributed by atoms with Crippen LogP contribution >= 0.6 is 15.9 Å². The third-order valence-electron chi connectivity index (χ3n) is 3.48. The number of rotatable bonds is 6. The van der Waals surface area contributed by atoms with Gasteiger partial charge >= 0.3 is 0 Å². The van der Waals surface area contributed by atoms with E-state index in [1.165, 1.54) is 12.1 Å². The van der Waals surface area contributed by atoms with Gasteiger partial charge in [-0.3, -0.25) is 0 Å². The van der Waals surface area contributed by atoms with Gasteiger partial charge < -0.3 is 5.32 Å². The molecule has 0 aliphatic heterocycles. The van der Waals surface area contributed by atoms with Gasteiger partial charge in [0.15, 0.2) is 0 Å². The zero-order chi connectivity index (χ0) is 15.2. The van der Waals surface area contributed by atoms with Crippen LogP contribution in [-0.2, 0) is 12.8 Å². The SMILES string of the molecule is CNCC(Cc1ccccc1F)Cc1cc(Br)ccc1F. The zero-order valence-corrected chi connectivity index (χ0v) is 13.5.